The third kappa shape index (κ3) is 2.25. The summed E-state index contributed by atoms with van der Waals surface area (Å²) >= 11 is 0. The first-order valence-electron chi connectivity index (χ1n) is 5.45. The van der Waals surface area contributed by atoms with Crippen molar-refractivity contribution in [2.45, 2.75) is 0 Å². The van der Waals surface area contributed by atoms with Crippen LogP contribution in [-0.2, 0) is 0 Å². The Bertz CT molecular complexity index is 645. The third-order valence-electron chi connectivity index (χ3n) is 2.50. The first kappa shape index (κ1) is 11.3. The molecule has 7 heteroatoms. The van der Waals surface area contributed by atoms with Crippen molar-refractivity contribution in [1.82, 2.24) is 9.97 Å². The van der Waals surface area contributed by atoms with Crippen molar-refractivity contribution < 1.29 is 19.4 Å². The first-order valence-corrected chi connectivity index (χ1v) is 5.45. The zero-order chi connectivity index (χ0) is 13.2. The molecule has 0 aliphatic carbocycles. The van der Waals surface area contributed by atoms with Crippen LogP contribution in [0, 0.1) is 0 Å². The average Bonchev–Trinajstić information content (AvgIpc) is 2.86. The summed E-state index contributed by atoms with van der Waals surface area (Å²) in [7, 11) is 0. The number of hydrogen-bond donors (Lipinski definition) is 2. The molecule has 0 atom stereocenters. The van der Waals surface area contributed by atoms with Gasteiger partial charge in [0.15, 0.2) is 17.2 Å². The van der Waals surface area contributed by atoms with Gasteiger partial charge in [0, 0.05) is 18.0 Å². The zero-order valence-electron chi connectivity index (χ0n) is 9.66. The van der Waals surface area contributed by atoms with Crippen molar-refractivity contribution in [3.63, 3.8) is 0 Å². The van der Waals surface area contributed by atoms with Gasteiger partial charge in [-0.2, -0.15) is 0 Å². The van der Waals surface area contributed by atoms with Gasteiger partial charge in [-0.25, -0.2) is 14.8 Å². The van der Waals surface area contributed by atoms with Crippen molar-refractivity contribution in [3.05, 3.63) is 36.2 Å². The highest BCUT2D eigenvalue weighted by molar-refractivity contribution is 5.85. The highest BCUT2D eigenvalue weighted by Gasteiger charge is 2.14. The van der Waals surface area contributed by atoms with E-state index in [2.05, 4.69) is 15.3 Å². The number of fused-ring (bicyclic) bond motifs is 1. The van der Waals surface area contributed by atoms with Crippen LogP contribution in [0.4, 0.5) is 11.6 Å². The number of rotatable bonds is 3. The van der Waals surface area contributed by atoms with Crippen LogP contribution in [0.5, 0.6) is 11.5 Å². The molecule has 0 fully saturated rings. The smallest absolute Gasteiger partial charge is 0.354 e. The van der Waals surface area contributed by atoms with Crippen LogP contribution >= 0.6 is 0 Å². The number of carboxylic acids is 1. The minimum atomic E-state index is -1.10. The van der Waals surface area contributed by atoms with Crippen LogP contribution in [0.3, 0.4) is 0 Å². The molecule has 0 amide bonds. The maximum absolute atomic E-state index is 10.8. The molecule has 0 bridgehead atoms. The number of ether oxygens (including phenoxy) is 2. The van der Waals surface area contributed by atoms with Gasteiger partial charge in [-0.3, -0.25) is 0 Å². The molecule has 1 aliphatic rings. The van der Waals surface area contributed by atoms with Gasteiger partial charge >= 0.3 is 5.97 Å². The second-order valence-electron chi connectivity index (χ2n) is 3.76. The SMILES string of the molecule is O=C(O)c1ccnc(Nc2ccc3c(c2)OCO3)n1. The Labute approximate surface area is 107 Å². The van der Waals surface area contributed by atoms with Gasteiger partial charge in [-0.15, -0.1) is 0 Å². The van der Waals surface area contributed by atoms with Crippen molar-refractivity contribution in [3.8, 4) is 11.5 Å². The Morgan fingerprint density at radius 1 is 1.26 bits per heavy atom. The summed E-state index contributed by atoms with van der Waals surface area (Å²) in [4.78, 5) is 18.6. The highest BCUT2D eigenvalue weighted by atomic mass is 16.7. The van der Waals surface area contributed by atoms with E-state index in [1.165, 1.54) is 12.3 Å². The second-order valence-corrected chi connectivity index (χ2v) is 3.76. The molecular weight excluding hydrogens is 250 g/mol. The lowest BCUT2D eigenvalue weighted by molar-refractivity contribution is 0.0690. The van der Waals surface area contributed by atoms with Crippen molar-refractivity contribution in [2.75, 3.05) is 12.1 Å². The van der Waals surface area contributed by atoms with E-state index in [0.29, 0.717) is 17.2 Å². The first-order chi connectivity index (χ1) is 9.22. The molecule has 0 spiro atoms. The number of nitrogens with zero attached hydrogens (tertiary/aromatic N) is 2. The molecule has 2 N–H and O–H groups in total. The van der Waals surface area contributed by atoms with Crippen LogP contribution in [0.25, 0.3) is 0 Å². The lowest BCUT2D eigenvalue weighted by Crippen LogP contribution is -2.04. The number of nitrogens with one attached hydrogen (secondary N) is 1. The fraction of sp³-hybridized carbons (Fsp3) is 0.0833. The number of benzene rings is 1. The molecule has 1 aromatic carbocycles. The summed E-state index contributed by atoms with van der Waals surface area (Å²) in [6.45, 7) is 0.198. The Morgan fingerprint density at radius 3 is 2.95 bits per heavy atom. The number of aromatic nitrogens is 2. The molecule has 7 nitrogen and oxygen atoms in total. The summed E-state index contributed by atoms with van der Waals surface area (Å²) in [5.41, 5.74) is 0.616. The maximum atomic E-state index is 10.8. The molecule has 0 saturated carbocycles. The molecule has 19 heavy (non-hydrogen) atoms. The fourth-order valence-electron chi connectivity index (χ4n) is 1.64. The molecule has 0 radical (unpaired) electrons. The van der Waals surface area contributed by atoms with Gasteiger partial charge in [-0.05, 0) is 18.2 Å². The van der Waals surface area contributed by atoms with E-state index in [4.69, 9.17) is 14.6 Å². The Balaban J connectivity index is 1.85. The Kier molecular flexibility index (Phi) is 2.64. The van der Waals surface area contributed by atoms with Gasteiger partial charge < -0.3 is 19.9 Å². The monoisotopic (exact) mass is 259 g/mol. The van der Waals surface area contributed by atoms with Gasteiger partial charge in [-0.1, -0.05) is 0 Å². The molecular formula is C12H9N3O4. The van der Waals surface area contributed by atoms with E-state index in [0.717, 1.165) is 0 Å². The molecule has 1 aromatic heterocycles. The van der Waals surface area contributed by atoms with E-state index < -0.39 is 5.97 Å². The molecule has 0 saturated heterocycles. The van der Waals surface area contributed by atoms with E-state index >= 15 is 0 Å². The van der Waals surface area contributed by atoms with E-state index in [1.54, 1.807) is 18.2 Å². The Hall–Kier alpha value is -2.83. The van der Waals surface area contributed by atoms with Crippen molar-refractivity contribution in [1.29, 1.82) is 0 Å². The van der Waals surface area contributed by atoms with Gasteiger partial charge in [0.25, 0.3) is 0 Å². The fourth-order valence-corrected chi connectivity index (χ4v) is 1.64. The number of anilines is 2. The van der Waals surface area contributed by atoms with Crippen LogP contribution in [0.2, 0.25) is 0 Å². The molecule has 96 valence electrons. The summed E-state index contributed by atoms with van der Waals surface area (Å²) < 4.78 is 10.4. The molecule has 3 rings (SSSR count). The number of carboxylic acid groups (broad SMARTS) is 1. The van der Waals surface area contributed by atoms with E-state index in [1.807, 2.05) is 0 Å². The lowest BCUT2D eigenvalue weighted by atomic mass is 10.3. The predicted molar refractivity (Wildman–Crippen MR) is 64.8 cm³/mol. The molecule has 0 unspecified atom stereocenters. The maximum Gasteiger partial charge on any atom is 0.354 e. The summed E-state index contributed by atoms with van der Waals surface area (Å²) in [5, 5.41) is 11.8. The minimum Gasteiger partial charge on any atom is -0.477 e. The largest absolute Gasteiger partial charge is 0.477 e. The third-order valence-corrected chi connectivity index (χ3v) is 2.50. The number of carbonyl (C=O) groups is 1. The van der Waals surface area contributed by atoms with Crippen LogP contribution in [0.1, 0.15) is 10.5 Å². The quantitative estimate of drug-likeness (QED) is 0.865. The average molecular weight is 259 g/mol. The van der Waals surface area contributed by atoms with Gasteiger partial charge in [0.2, 0.25) is 12.7 Å². The lowest BCUT2D eigenvalue weighted by Gasteiger charge is -2.05. The van der Waals surface area contributed by atoms with Crippen molar-refractivity contribution >= 4 is 17.6 Å². The standard InChI is InChI=1S/C12H9N3O4/c16-11(17)8-3-4-13-12(15-8)14-7-1-2-9-10(5-7)19-6-18-9/h1-5H,6H2,(H,16,17)(H,13,14,15). The summed E-state index contributed by atoms with van der Waals surface area (Å²) in [5.74, 6) is 0.403. The van der Waals surface area contributed by atoms with Gasteiger partial charge in [0.1, 0.15) is 0 Å². The molecule has 2 heterocycles. The predicted octanol–water partition coefficient (Wildman–Crippen LogP) is 1.65. The number of aromatic carboxylic acids is 1. The summed E-state index contributed by atoms with van der Waals surface area (Å²) in [6, 6.07) is 6.59. The summed E-state index contributed by atoms with van der Waals surface area (Å²) in [6.07, 6.45) is 1.38. The van der Waals surface area contributed by atoms with Crippen molar-refractivity contribution in [2.24, 2.45) is 0 Å². The molecule has 2 aromatic rings. The van der Waals surface area contributed by atoms with Gasteiger partial charge in [0.05, 0.1) is 0 Å². The topological polar surface area (TPSA) is 93.6 Å². The van der Waals surface area contributed by atoms with E-state index in [9.17, 15) is 4.79 Å². The highest BCUT2D eigenvalue weighted by Crippen LogP contribution is 2.34. The molecule has 1 aliphatic heterocycles. The Morgan fingerprint density at radius 2 is 2.11 bits per heavy atom. The second kappa shape index (κ2) is 4.45. The minimum absolute atomic E-state index is 0.0711. The zero-order valence-corrected chi connectivity index (χ0v) is 9.66. The van der Waals surface area contributed by atoms with E-state index in [-0.39, 0.29) is 18.4 Å². The normalized spacial score (nSPS) is 12.2. The van der Waals surface area contributed by atoms with Crippen LogP contribution in [0.15, 0.2) is 30.5 Å². The number of hydrogen-bond acceptors (Lipinski definition) is 6. The van der Waals surface area contributed by atoms with Crippen LogP contribution in [-0.4, -0.2) is 27.8 Å². The van der Waals surface area contributed by atoms with Crippen LogP contribution < -0.4 is 14.8 Å².